The Morgan fingerprint density at radius 1 is 0.615 bits per heavy atom. The van der Waals surface area contributed by atoms with Gasteiger partial charge in [-0.05, 0) is 25.0 Å². The highest BCUT2D eigenvalue weighted by Crippen LogP contribution is 2.42. The van der Waals surface area contributed by atoms with E-state index in [9.17, 15) is 0 Å². The predicted molar refractivity (Wildman–Crippen MR) is 119 cm³/mol. The summed E-state index contributed by atoms with van der Waals surface area (Å²) in [6.07, 6.45) is 4.46. The fraction of sp³-hybridized carbons (Fsp3) is 0.556. The molecule has 2 aromatic rings. The normalized spacial score (nSPS) is 20.3. The Morgan fingerprint density at radius 2 is 0.923 bits per heavy atom. The Balaban J connectivity index is 2.01. The average molecular weight is 425 g/mol. The molecule has 1 fully saturated rings. The summed E-state index contributed by atoms with van der Waals surface area (Å²) in [6, 6.07) is 3.97. The van der Waals surface area contributed by atoms with Crippen molar-refractivity contribution in [3.05, 3.63) is 46.6 Å². The number of hydrogen-bond acceptors (Lipinski definition) is 8. The molecule has 2 unspecified atom stereocenters. The first-order chi connectivity index (χ1) is 12.7. The van der Waals surface area contributed by atoms with Gasteiger partial charge in [0, 0.05) is 34.8 Å². The van der Waals surface area contributed by atoms with Gasteiger partial charge in [0.15, 0.2) is 0 Å². The third-order valence-corrected chi connectivity index (χ3v) is 6.07. The van der Waals surface area contributed by atoms with E-state index in [1.54, 1.807) is 0 Å². The summed E-state index contributed by atoms with van der Waals surface area (Å²) in [5.74, 6) is 4.63. The average Bonchev–Trinajstić information content (AvgIpc) is 2.72. The molecule has 4 nitrogen and oxygen atoms in total. The fourth-order valence-corrected chi connectivity index (χ4v) is 4.20. The van der Waals surface area contributed by atoms with Gasteiger partial charge in [0.2, 0.25) is 0 Å². The Hall–Kier alpha value is -0.440. The van der Waals surface area contributed by atoms with E-state index < -0.39 is 0 Å². The third kappa shape index (κ3) is 4.69. The van der Waals surface area contributed by atoms with Crippen LogP contribution in [0.2, 0.25) is 0 Å². The van der Waals surface area contributed by atoms with Crippen LogP contribution in [0.3, 0.4) is 0 Å². The van der Waals surface area contributed by atoms with Crippen molar-refractivity contribution in [2.45, 2.75) is 60.5 Å². The van der Waals surface area contributed by atoms with E-state index in [2.05, 4.69) is 50.5 Å². The lowest BCUT2D eigenvalue weighted by atomic mass is 9.78. The largest absolute Gasteiger partial charge is 0.237 e. The highest BCUT2D eigenvalue weighted by atomic mass is 32.1. The van der Waals surface area contributed by atoms with Gasteiger partial charge in [-0.25, -0.2) is 19.9 Å². The van der Waals surface area contributed by atoms with Crippen LogP contribution >= 0.6 is 50.5 Å². The zero-order chi connectivity index (χ0) is 18.5. The topological polar surface area (TPSA) is 51.6 Å². The Labute approximate surface area is 177 Å². The van der Waals surface area contributed by atoms with E-state index in [-0.39, 0.29) is 11.8 Å². The fourth-order valence-electron chi connectivity index (χ4n) is 3.56. The minimum atomic E-state index is 0.227. The van der Waals surface area contributed by atoms with E-state index in [4.69, 9.17) is 19.9 Å². The molecule has 0 bridgehead atoms. The van der Waals surface area contributed by atoms with Crippen LogP contribution in [0.1, 0.15) is 71.9 Å². The van der Waals surface area contributed by atoms with Crippen LogP contribution in [-0.2, 0) is 23.0 Å². The highest BCUT2D eigenvalue weighted by Gasteiger charge is 2.32. The minimum absolute atomic E-state index is 0.227. The molecule has 2 heterocycles. The minimum Gasteiger partial charge on any atom is -0.237 e. The summed E-state index contributed by atoms with van der Waals surface area (Å²) in [4.78, 5) is 19.1. The zero-order valence-electron chi connectivity index (χ0n) is 14.5. The molecule has 2 aromatic heterocycles. The predicted octanol–water partition coefficient (Wildman–Crippen LogP) is 4.43. The summed E-state index contributed by atoms with van der Waals surface area (Å²) in [5.41, 5.74) is 3.81. The van der Waals surface area contributed by atoms with Crippen molar-refractivity contribution >= 4 is 50.5 Å². The van der Waals surface area contributed by atoms with Gasteiger partial charge in [-0.2, -0.15) is 50.5 Å². The van der Waals surface area contributed by atoms with Crippen LogP contribution < -0.4 is 0 Å². The van der Waals surface area contributed by atoms with Gasteiger partial charge in [-0.3, -0.25) is 0 Å². The Kier molecular flexibility index (Phi) is 7.54. The molecular weight excluding hydrogens is 400 g/mol. The molecule has 0 radical (unpaired) electrons. The van der Waals surface area contributed by atoms with E-state index in [1.807, 2.05) is 12.1 Å². The molecular formula is C18H24N4S4. The standard InChI is InChI=1S/C18H24N4S4/c23-7-11-5-12(8-24)20-17(19-11)15-3-1-2-4-16(15)18-21-13(9-25)6-14(10-26)22-18/h5-6,15-16,23-26H,1-4,7-10H2. The maximum absolute atomic E-state index is 4.78. The van der Waals surface area contributed by atoms with Crippen LogP contribution in [0.4, 0.5) is 0 Å². The second-order valence-corrected chi connectivity index (χ2v) is 7.81. The summed E-state index contributed by atoms with van der Waals surface area (Å²) in [5, 5.41) is 0. The maximum atomic E-state index is 4.78. The quantitative estimate of drug-likeness (QED) is 0.518. The van der Waals surface area contributed by atoms with Gasteiger partial charge in [0.1, 0.15) is 11.6 Å². The number of nitrogens with zero attached hydrogens (tertiary/aromatic N) is 4. The van der Waals surface area contributed by atoms with Crippen molar-refractivity contribution in [3.8, 4) is 0 Å². The molecule has 0 N–H and O–H groups in total. The monoisotopic (exact) mass is 424 g/mol. The van der Waals surface area contributed by atoms with Crippen LogP contribution in [-0.4, -0.2) is 19.9 Å². The van der Waals surface area contributed by atoms with Crippen molar-refractivity contribution in [1.29, 1.82) is 0 Å². The second-order valence-electron chi connectivity index (χ2n) is 6.55. The van der Waals surface area contributed by atoms with Gasteiger partial charge in [-0.1, -0.05) is 12.8 Å². The molecule has 0 saturated heterocycles. The van der Waals surface area contributed by atoms with Crippen molar-refractivity contribution in [2.75, 3.05) is 0 Å². The number of thiol groups is 4. The molecule has 140 valence electrons. The first-order valence-electron chi connectivity index (χ1n) is 8.85. The molecule has 8 heteroatoms. The summed E-state index contributed by atoms with van der Waals surface area (Å²) in [7, 11) is 0. The van der Waals surface area contributed by atoms with Crippen LogP contribution in [0.15, 0.2) is 12.1 Å². The molecule has 1 aliphatic rings. The molecule has 0 aromatic carbocycles. The van der Waals surface area contributed by atoms with Gasteiger partial charge < -0.3 is 0 Å². The van der Waals surface area contributed by atoms with Gasteiger partial charge in [0.05, 0.1) is 22.8 Å². The Bertz CT molecular complexity index is 648. The van der Waals surface area contributed by atoms with E-state index >= 15 is 0 Å². The molecule has 1 saturated carbocycles. The summed E-state index contributed by atoms with van der Waals surface area (Å²) in [6.45, 7) is 0. The van der Waals surface area contributed by atoms with Crippen molar-refractivity contribution in [1.82, 2.24) is 19.9 Å². The summed E-state index contributed by atoms with van der Waals surface area (Å²) >= 11 is 17.6. The van der Waals surface area contributed by atoms with Crippen molar-refractivity contribution in [2.24, 2.45) is 0 Å². The number of aromatic nitrogens is 4. The lowest BCUT2D eigenvalue weighted by Crippen LogP contribution is -2.22. The van der Waals surface area contributed by atoms with E-state index in [0.717, 1.165) is 47.3 Å². The molecule has 1 aliphatic carbocycles. The number of hydrogen-bond donors (Lipinski definition) is 4. The highest BCUT2D eigenvalue weighted by molar-refractivity contribution is 7.79. The van der Waals surface area contributed by atoms with Crippen molar-refractivity contribution in [3.63, 3.8) is 0 Å². The molecule has 26 heavy (non-hydrogen) atoms. The first kappa shape index (κ1) is 20.3. The SMILES string of the molecule is SCc1cc(CS)nc(C2CCCCC2c2nc(CS)cc(CS)n2)n1. The van der Waals surface area contributed by atoms with Gasteiger partial charge >= 0.3 is 0 Å². The Morgan fingerprint density at radius 3 is 1.19 bits per heavy atom. The summed E-state index contributed by atoms with van der Waals surface area (Å²) < 4.78 is 0. The van der Waals surface area contributed by atoms with Gasteiger partial charge in [-0.15, -0.1) is 0 Å². The van der Waals surface area contributed by atoms with Crippen molar-refractivity contribution < 1.29 is 0 Å². The van der Waals surface area contributed by atoms with Crippen LogP contribution in [0, 0.1) is 0 Å². The first-order valence-corrected chi connectivity index (χ1v) is 11.4. The molecule has 0 amide bonds. The second kappa shape index (κ2) is 9.66. The van der Waals surface area contributed by atoms with E-state index in [0.29, 0.717) is 23.0 Å². The number of rotatable bonds is 6. The smallest absolute Gasteiger partial charge is 0.132 e. The van der Waals surface area contributed by atoms with E-state index in [1.165, 1.54) is 12.8 Å². The molecule has 2 atom stereocenters. The maximum Gasteiger partial charge on any atom is 0.132 e. The van der Waals surface area contributed by atoms with Crippen LogP contribution in [0.5, 0.6) is 0 Å². The molecule has 0 aliphatic heterocycles. The lowest BCUT2D eigenvalue weighted by Gasteiger charge is -2.30. The lowest BCUT2D eigenvalue weighted by molar-refractivity contribution is 0.359. The van der Waals surface area contributed by atoms with Crippen LogP contribution in [0.25, 0.3) is 0 Å². The molecule has 3 rings (SSSR count). The zero-order valence-corrected chi connectivity index (χ0v) is 18.1. The van der Waals surface area contributed by atoms with Gasteiger partial charge in [0.25, 0.3) is 0 Å². The molecule has 0 spiro atoms. The third-order valence-electron chi connectivity index (χ3n) is 4.78.